The molecule has 1 aliphatic carbocycles. The summed E-state index contributed by atoms with van der Waals surface area (Å²) >= 11 is 5.34. The molecule has 2 nitrogen and oxygen atoms in total. The zero-order valence-corrected chi connectivity index (χ0v) is 12.6. The van der Waals surface area contributed by atoms with Gasteiger partial charge in [-0.1, -0.05) is 0 Å². The Hall–Kier alpha value is -1.20. The zero-order valence-electron chi connectivity index (χ0n) is 11.0. The second-order valence-electron chi connectivity index (χ2n) is 5.02. The summed E-state index contributed by atoms with van der Waals surface area (Å²) < 4.78 is 31.6. The molecule has 0 saturated carbocycles. The monoisotopic (exact) mass is 316 g/mol. The van der Waals surface area contributed by atoms with Crippen LogP contribution in [-0.4, -0.2) is 9.13 Å². The first-order chi connectivity index (χ1) is 9.06. The van der Waals surface area contributed by atoms with E-state index < -0.39 is 11.6 Å². The summed E-state index contributed by atoms with van der Waals surface area (Å²) in [6, 6.07) is 2.59. The highest BCUT2D eigenvalue weighted by atomic mass is 35.5. The van der Waals surface area contributed by atoms with Crippen LogP contribution in [0.15, 0.2) is 24.5 Å². The van der Waals surface area contributed by atoms with Crippen molar-refractivity contribution in [2.24, 2.45) is 7.05 Å². The van der Waals surface area contributed by atoms with Gasteiger partial charge in [-0.15, -0.1) is 12.4 Å². The van der Waals surface area contributed by atoms with Gasteiger partial charge >= 0.3 is 0 Å². The minimum atomic E-state index is -0.506. The van der Waals surface area contributed by atoms with Gasteiger partial charge in [-0.3, -0.25) is 0 Å². The lowest BCUT2D eigenvalue weighted by Gasteiger charge is -2.26. The molecule has 1 aromatic heterocycles. The largest absolute Gasteiger partial charge is 0.327 e. The number of hydrogen-bond acceptors (Lipinski definition) is 1. The van der Waals surface area contributed by atoms with E-state index >= 15 is 0 Å². The number of fused-ring (bicyclic) bond motifs is 1. The van der Waals surface area contributed by atoms with Crippen LogP contribution in [0.2, 0.25) is 0 Å². The Morgan fingerprint density at radius 2 is 2.00 bits per heavy atom. The standard InChI is InChI=1S/C14H14F2N2S.ClH/c1-17-4-5-18(14(17)19)11-2-3-12-9(7-11)6-10(15)8-13(12)16;/h4-6,8,11H,2-3,7H2,1H3;1H. The Balaban J connectivity index is 0.00000147. The molecule has 1 aromatic carbocycles. The number of nitrogens with zero attached hydrogens (tertiary/aromatic N) is 2. The minimum Gasteiger partial charge on any atom is -0.327 e. The first-order valence-corrected chi connectivity index (χ1v) is 6.67. The summed E-state index contributed by atoms with van der Waals surface area (Å²) in [6.45, 7) is 0. The van der Waals surface area contributed by atoms with Crippen LogP contribution in [0, 0.1) is 16.4 Å². The number of aromatic nitrogens is 2. The predicted octanol–water partition coefficient (Wildman–Crippen LogP) is 3.99. The average molecular weight is 317 g/mol. The van der Waals surface area contributed by atoms with Gasteiger partial charge < -0.3 is 9.13 Å². The van der Waals surface area contributed by atoms with Crippen LogP contribution >= 0.6 is 24.6 Å². The fraction of sp³-hybridized carbons (Fsp3) is 0.357. The molecular formula is C14H15ClF2N2S. The van der Waals surface area contributed by atoms with Crippen molar-refractivity contribution in [1.82, 2.24) is 9.13 Å². The number of hydrogen-bond donors (Lipinski definition) is 0. The minimum absolute atomic E-state index is 0. The van der Waals surface area contributed by atoms with Crippen LogP contribution in [0.25, 0.3) is 0 Å². The summed E-state index contributed by atoms with van der Waals surface area (Å²) in [5, 5.41) is 0. The number of halogens is 3. The third-order valence-corrected chi connectivity index (χ3v) is 4.30. The molecule has 20 heavy (non-hydrogen) atoms. The SMILES string of the molecule is Cl.Cn1ccn(C2CCc3c(F)cc(F)cc3C2)c1=S. The molecule has 0 bridgehead atoms. The predicted molar refractivity (Wildman–Crippen MR) is 78.9 cm³/mol. The van der Waals surface area contributed by atoms with Crippen molar-refractivity contribution >= 4 is 24.6 Å². The lowest BCUT2D eigenvalue weighted by molar-refractivity contribution is 0.423. The topological polar surface area (TPSA) is 9.86 Å². The van der Waals surface area contributed by atoms with Crippen molar-refractivity contribution in [1.29, 1.82) is 0 Å². The van der Waals surface area contributed by atoms with Gasteiger partial charge in [-0.25, -0.2) is 8.78 Å². The summed E-state index contributed by atoms with van der Waals surface area (Å²) in [5.74, 6) is -0.932. The fourth-order valence-corrected chi connectivity index (χ4v) is 3.05. The highest BCUT2D eigenvalue weighted by molar-refractivity contribution is 7.71. The molecule has 6 heteroatoms. The van der Waals surface area contributed by atoms with Crippen LogP contribution in [0.1, 0.15) is 23.6 Å². The van der Waals surface area contributed by atoms with Crippen molar-refractivity contribution in [2.45, 2.75) is 25.3 Å². The molecule has 2 aromatic rings. The van der Waals surface area contributed by atoms with Crippen LogP contribution in [0.5, 0.6) is 0 Å². The van der Waals surface area contributed by atoms with Gasteiger partial charge in [0, 0.05) is 31.5 Å². The van der Waals surface area contributed by atoms with Gasteiger partial charge in [0.1, 0.15) is 11.6 Å². The number of rotatable bonds is 1. The van der Waals surface area contributed by atoms with Gasteiger partial charge in [0.05, 0.1) is 0 Å². The first-order valence-electron chi connectivity index (χ1n) is 6.26. The molecule has 0 radical (unpaired) electrons. The third kappa shape index (κ3) is 2.52. The second kappa shape index (κ2) is 5.66. The van der Waals surface area contributed by atoms with E-state index in [4.69, 9.17) is 12.2 Å². The maximum Gasteiger partial charge on any atom is 0.179 e. The Morgan fingerprint density at radius 1 is 1.25 bits per heavy atom. The van der Waals surface area contributed by atoms with Crippen LogP contribution in [0.3, 0.4) is 0 Å². The van der Waals surface area contributed by atoms with E-state index in [1.54, 1.807) is 0 Å². The Morgan fingerprint density at radius 3 is 2.65 bits per heavy atom. The smallest absolute Gasteiger partial charge is 0.179 e. The molecule has 1 atom stereocenters. The van der Waals surface area contributed by atoms with Gasteiger partial charge in [-0.2, -0.15) is 0 Å². The van der Waals surface area contributed by atoms with E-state index in [1.807, 2.05) is 28.6 Å². The fourth-order valence-electron chi connectivity index (χ4n) is 2.78. The zero-order chi connectivity index (χ0) is 13.6. The van der Waals surface area contributed by atoms with E-state index in [9.17, 15) is 8.78 Å². The van der Waals surface area contributed by atoms with Crippen molar-refractivity contribution in [3.8, 4) is 0 Å². The molecular weight excluding hydrogens is 302 g/mol. The van der Waals surface area contributed by atoms with Crippen LogP contribution < -0.4 is 0 Å². The highest BCUT2D eigenvalue weighted by Crippen LogP contribution is 2.31. The van der Waals surface area contributed by atoms with E-state index in [0.29, 0.717) is 18.4 Å². The van der Waals surface area contributed by atoms with E-state index in [0.717, 1.165) is 22.8 Å². The van der Waals surface area contributed by atoms with Crippen molar-refractivity contribution in [3.05, 3.63) is 52.1 Å². The maximum absolute atomic E-state index is 13.7. The molecule has 108 valence electrons. The second-order valence-corrected chi connectivity index (χ2v) is 5.39. The molecule has 0 amide bonds. The van der Waals surface area contributed by atoms with Crippen LogP contribution in [-0.2, 0) is 19.9 Å². The lowest BCUT2D eigenvalue weighted by atomic mass is 9.87. The van der Waals surface area contributed by atoms with Gasteiger partial charge in [0.2, 0.25) is 0 Å². The number of aryl methyl sites for hydroxylation is 1. The van der Waals surface area contributed by atoms with E-state index in [-0.39, 0.29) is 18.4 Å². The molecule has 0 saturated heterocycles. The summed E-state index contributed by atoms with van der Waals surface area (Å²) in [6.07, 6.45) is 5.93. The Bertz CT molecular complexity index is 693. The molecule has 1 aliphatic rings. The molecule has 3 rings (SSSR count). The Labute approximate surface area is 127 Å². The molecule has 0 spiro atoms. The van der Waals surface area contributed by atoms with Crippen molar-refractivity contribution in [2.75, 3.05) is 0 Å². The summed E-state index contributed by atoms with van der Waals surface area (Å²) in [5.41, 5.74) is 1.42. The highest BCUT2D eigenvalue weighted by Gasteiger charge is 2.23. The molecule has 0 fully saturated rings. The number of benzene rings is 1. The van der Waals surface area contributed by atoms with Gasteiger partial charge in [0.15, 0.2) is 4.77 Å². The maximum atomic E-state index is 13.7. The molecule has 0 aliphatic heterocycles. The van der Waals surface area contributed by atoms with Crippen molar-refractivity contribution in [3.63, 3.8) is 0 Å². The van der Waals surface area contributed by atoms with Crippen LogP contribution in [0.4, 0.5) is 8.78 Å². The van der Waals surface area contributed by atoms with E-state index in [2.05, 4.69) is 0 Å². The average Bonchev–Trinajstić information content (AvgIpc) is 2.69. The quantitative estimate of drug-likeness (QED) is 0.723. The van der Waals surface area contributed by atoms with E-state index in [1.165, 1.54) is 6.07 Å². The van der Waals surface area contributed by atoms with Crippen molar-refractivity contribution < 1.29 is 8.78 Å². The third-order valence-electron chi connectivity index (χ3n) is 3.80. The first kappa shape index (κ1) is 15.2. The lowest BCUT2D eigenvalue weighted by Crippen LogP contribution is -2.19. The summed E-state index contributed by atoms with van der Waals surface area (Å²) in [4.78, 5) is 0. The number of imidazole rings is 1. The Kier molecular flexibility index (Phi) is 4.30. The normalized spacial score (nSPS) is 17.4. The molecule has 0 N–H and O–H groups in total. The van der Waals surface area contributed by atoms with Gasteiger partial charge in [0.25, 0.3) is 0 Å². The van der Waals surface area contributed by atoms with Gasteiger partial charge in [-0.05, 0) is 48.7 Å². The molecule has 1 heterocycles. The molecule has 1 unspecified atom stereocenters. The summed E-state index contributed by atoms with van der Waals surface area (Å²) in [7, 11) is 1.90.